The maximum atomic E-state index is 13.1. The number of pyridine rings is 2. The molecule has 0 aromatic carbocycles. The molecule has 4 heterocycles. The standard InChI is InChI=1S/C18H17N7O2/c19-16-12(17-22-24-25-23-17)6-11-15(26)10-7-13(9-4-2-1-3-5-9)20-8-14(10)27-18(11)21-16/h6-9H,1-5H2,(H2,19,21)(H,22,23,24,25). The number of nitrogens with two attached hydrogens (primary N) is 1. The molecule has 4 aromatic rings. The van der Waals surface area contributed by atoms with E-state index in [0.717, 1.165) is 18.5 Å². The number of H-pyrrole nitrogens is 1. The molecule has 1 aliphatic carbocycles. The summed E-state index contributed by atoms with van der Waals surface area (Å²) in [5.74, 6) is 0.842. The van der Waals surface area contributed by atoms with Gasteiger partial charge >= 0.3 is 0 Å². The fourth-order valence-corrected chi connectivity index (χ4v) is 3.79. The van der Waals surface area contributed by atoms with E-state index in [1.807, 2.05) is 6.07 Å². The Morgan fingerprint density at radius 1 is 1.15 bits per heavy atom. The minimum Gasteiger partial charge on any atom is -0.436 e. The molecule has 5 rings (SSSR count). The SMILES string of the molecule is Nc1nc2oc3cnc(C4CCCCC4)cc3c(=O)c2cc1-c1nn[nH]n1. The van der Waals surface area contributed by atoms with Crippen LogP contribution >= 0.6 is 0 Å². The second-order valence-electron chi connectivity index (χ2n) is 6.88. The Morgan fingerprint density at radius 2 is 2.00 bits per heavy atom. The lowest BCUT2D eigenvalue weighted by Gasteiger charge is -2.21. The first kappa shape index (κ1) is 15.9. The minimum atomic E-state index is -0.164. The normalized spacial score (nSPS) is 15.6. The summed E-state index contributed by atoms with van der Waals surface area (Å²) < 4.78 is 5.80. The van der Waals surface area contributed by atoms with Crippen LogP contribution in [0.15, 0.2) is 27.5 Å². The molecular formula is C18H17N7O2. The smallest absolute Gasteiger partial charge is 0.232 e. The molecule has 9 nitrogen and oxygen atoms in total. The van der Waals surface area contributed by atoms with Crippen LogP contribution in [0.25, 0.3) is 33.5 Å². The molecule has 4 aromatic heterocycles. The first-order chi connectivity index (χ1) is 13.2. The van der Waals surface area contributed by atoms with Gasteiger partial charge in [-0.25, -0.2) is 0 Å². The van der Waals surface area contributed by atoms with Gasteiger partial charge in [0.05, 0.1) is 22.5 Å². The van der Waals surface area contributed by atoms with Crippen molar-refractivity contribution in [3.63, 3.8) is 0 Å². The van der Waals surface area contributed by atoms with E-state index in [-0.39, 0.29) is 22.8 Å². The number of rotatable bonds is 2. The summed E-state index contributed by atoms with van der Waals surface area (Å²) in [6, 6.07) is 3.47. The van der Waals surface area contributed by atoms with E-state index >= 15 is 0 Å². The van der Waals surface area contributed by atoms with Crippen molar-refractivity contribution in [1.82, 2.24) is 30.6 Å². The Labute approximate surface area is 153 Å². The van der Waals surface area contributed by atoms with Gasteiger partial charge in [0.25, 0.3) is 0 Å². The maximum absolute atomic E-state index is 13.1. The van der Waals surface area contributed by atoms with Gasteiger partial charge in [0.15, 0.2) is 5.58 Å². The van der Waals surface area contributed by atoms with Crippen molar-refractivity contribution in [2.24, 2.45) is 0 Å². The van der Waals surface area contributed by atoms with Crippen molar-refractivity contribution >= 4 is 27.9 Å². The van der Waals surface area contributed by atoms with Gasteiger partial charge in [-0.3, -0.25) is 9.78 Å². The maximum Gasteiger partial charge on any atom is 0.232 e. The molecule has 0 radical (unpaired) electrons. The van der Waals surface area contributed by atoms with Crippen molar-refractivity contribution in [1.29, 1.82) is 0 Å². The first-order valence-electron chi connectivity index (χ1n) is 8.97. The lowest BCUT2D eigenvalue weighted by Crippen LogP contribution is -2.10. The molecule has 0 saturated heterocycles. The topological polar surface area (TPSA) is 136 Å². The van der Waals surface area contributed by atoms with Crippen LogP contribution in [0.3, 0.4) is 0 Å². The lowest BCUT2D eigenvalue weighted by atomic mass is 9.86. The zero-order valence-corrected chi connectivity index (χ0v) is 14.5. The average molecular weight is 363 g/mol. The molecule has 0 bridgehead atoms. The molecule has 1 aliphatic rings. The Kier molecular flexibility index (Phi) is 3.59. The predicted molar refractivity (Wildman–Crippen MR) is 99.0 cm³/mol. The monoisotopic (exact) mass is 363 g/mol. The Bertz CT molecular complexity index is 1190. The summed E-state index contributed by atoms with van der Waals surface area (Å²) in [5, 5.41) is 14.6. The molecule has 0 aliphatic heterocycles. The van der Waals surface area contributed by atoms with E-state index in [2.05, 4.69) is 30.6 Å². The molecule has 136 valence electrons. The number of nitrogens with one attached hydrogen (secondary N) is 1. The van der Waals surface area contributed by atoms with Gasteiger partial charge in [0, 0.05) is 11.6 Å². The van der Waals surface area contributed by atoms with E-state index in [1.165, 1.54) is 19.3 Å². The van der Waals surface area contributed by atoms with Crippen molar-refractivity contribution in [2.75, 3.05) is 5.73 Å². The number of hydrogen-bond acceptors (Lipinski definition) is 8. The second-order valence-corrected chi connectivity index (χ2v) is 6.88. The van der Waals surface area contributed by atoms with E-state index in [4.69, 9.17) is 10.2 Å². The Balaban J connectivity index is 1.71. The van der Waals surface area contributed by atoms with Crippen LogP contribution in [-0.2, 0) is 0 Å². The summed E-state index contributed by atoms with van der Waals surface area (Å²) in [6.07, 6.45) is 7.50. The molecule has 0 spiro atoms. The molecule has 1 saturated carbocycles. The Hall–Kier alpha value is -3.36. The van der Waals surface area contributed by atoms with Gasteiger partial charge in [-0.15, -0.1) is 10.2 Å². The fourth-order valence-electron chi connectivity index (χ4n) is 3.79. The van der Waals surface area contributed by atoms with Crippen LogP contribution in [0, 0.1) is 0 Å². The molecule has 9 heteroatoms. The Morgan fingerprint density at radius 3 is 2.78 bits per heavy atom. The van der Waals surface area contributed by atoms with Crippen LogP contribution in [0.4, 0.5) is 5.82 Å². The highest BCUT2D eigenvalue weighted by Gasteiger charge is 2.20. The van der Waals surface area contributed by atoms with Crippen molar-refractivity contribution < 1.29 is 4.42 Å². The number of nitrogens with zero attached hydrogens (tertiary/aromatic N) is 5. The van der Waals surface area contributed by atoms with Crippen LogP contribution < -0.4 is 11.2 Å². The van der Waals surface area contributed by atoms with Crippen molar-refractivity contribution in [2.45, 2.75) is 38.0 Å². The van der Waals surface area contributed by atoms with Gasteiger partial charge in [-0.2, -0.15) is 10.2 Å². The second kappa shape index (κ2) is 6.11. The van der Waals surface area contributed by atoms with Gasteiger partial charge in [0.2, 0.25) is 17.0 Å². The van der Waals surface area contributed by atoms with Crippen LogP contribution in [-0.4, -0.2) is 30.6 Å². The van der Waals surface area contributed by atoms with Gasteiger partial charge in [-0.05, 0) is 30.2 Å². The molecular weight excluding hydrogens is 346 g/mol. The molecule has 1 fully saturated rings. The van der Waals surface area contributed by atoms with E-state index < -0.39 is 0 Å². The highest BCUT2D eigenvalue weighted by atomic mass is 16.3. The molecule has 0 unspecified atom stereocenters. The minimum absolute atomic E-state index is 0.164. The van der Waals surface area contributed by atoms with E-state index in [0.29, 0.717) is 27.8 Å². The summed E-state index contributed by atoms with van der Waals surface area (Å²) >= 11 is 0. The average Bonchev–Trinajstić information content (AvgIpc) is 3.23. The highest BCUT2D eigenvalue weighted by molar-refractivity contribution is 5.91. The quantitative estimate of drug-likeness (QED) is 0.518. The zero-order valence-electron chi connectivity index (χ0n) is 14.5. The van der Waals surface area contributed by atoms with Crippen molar-refractivity contribution in [3.8, 4) is 11.4 Å². The number of hydrogen-bond donors (Lipinski definition) is 2. The molecule has 27 heavy (non-hydrogen) atoms. The number of aromatic nitrogens is 6. The summed E-state index contributed by atoms with van der Waals surface area (Å²) in [6.45, 7) is 0. The third kappa shape index (κ3) is 2.62. The summed E-state index contributed by atoms with van der Waals surface area (Å²) in [7, 11) is 0. The highest BCUT2D eigenvalue weighted by Crippen LogP contribution is 2.33. The number of aromatic amines is 1. The van der Waals surface area contributed by atoms with E-state index in [1.54, 1.807) is 12.3 Å². The van der Waals surface area contributed by atoms with Crippen LogP contribution in [0.1, 0.15) is 43.7 Å². The lowest BCUT2D eigenvalue weighted by molar-refractivity contribution is 0.437. The number of fused-ring (bicyclic) bond motifs is 2. The zero-order chi connectivity index (χ0) is 18.4. The van der Waals surface area contributed by atoms with Gasteiger partial charge in [0.1, 0.15) is 5.82 Å². The van der Waals surface area contributed by atoms with E-state index in [9.17, 15) is 4.79 Å². The molecule has 3 N–H and O–H groups in total. The van der Waals surface area contributed by atoms with Gasteiger partial charge < -0.3 is 10.2 Å². The van der Waals surface area contributed by atoms with Crippen LogP contribution in [0.2, 0.25) is 0 Å². The first-order valence-corrected chi connectivity index (χ1v) is 8.97. The molecule has 0 amide bonds. The summed E-state index contributed by atoms with van der Waals surface area (Å²) in [5.41, 5.74) is 7.79. The van der Waals surface area contributed by atoms with Crippen molar-refractivity contribution in [3.05, 3.63) is 34.2 Å². The largest absolute Gasteiger partial charge is 0.436 e. The van der Waals surface area contributed by atoms with Gasteiger partial charge in [-0.1, -0.05) is 19.3 Å². The number of anilines is 1. The molecule has 0 atom stereocenters. The fraction of sp³-hybridized carbons (Fsp3) is 0.333. The third-order valence-electron chi connectivity index (χ3n) is 5.21. The summed E-state index contributed by atoms with van der Waals surface area (Å²) in [4.78, 5) is 21.9. The van der Waals surface area contributed by atoms with Crippen LogP contribution in [0.5, 0.6) is 0 Å². The number of tetrazole rings is 1. The third-order valence-corrected chi connectivity index (χ3v) is 5.21. The number of nitrogen functional groups attached to an aromatic ring is 1. The predicted octanol–water partition coefficient (Wildman–Crippen LogP) is 2.55.